The lowest BCUT2D eigenvalue weighted by atomic mass is 9.84. The molecule has 2 aliphatic heterocycles. The molecule has 0 spiro atoms. The number of ether oxygens (including phenoxy) is 4. The van der Waals surface area contributed by atoms with Crippen molar-refractivity contribution in [3.05, 3.63) is 48.5 Å². The second kappa shape index (κ2) is 17.1. The first-order valence-electron chi connectivity index (χ1n) is 19.1. The Morgan fingerprint density at radius 3 is 1.27 bits per heavy atom. The standard InChI is InChI=1S/C40H70O4Si4/c1-40(2,24-12-28-46(5,6)36-17-21-38(22-18-36)48(9,10)30-14-26-42-39-33-44-39)23-11-27-45(3,4)35-15-19-37(20-16-35)47(7,8)29-13-25-41-31-34-32-43-34/h15-22,34,39H,11-14,23-33H2,1-10H3. The third-order valence-corrected chi connectivity index (χ3v) is 25.6. The summed E-state index contributed by atoms with van der Waals surface area (Å²) >= 11 is 0. The summed E-state index contributed by atoms with van der Waals surface area (Å²) in [5.74, 6) is 0. The summed E-state index contributed by atoms with van der Waals surface area (Å²) in [6.07, 6.45) is 8.13. The van der Waals surface area contributed by atoms with Gasteiger partial charge in [-0.3, -0.25) is 0 Å². The molecule has 2 saturated heterocycles. The van der Waals surface area contributed by atoms with Crippen LogP contribution < -0.4 is 20.7 Å². The topological polar surface area (TPSA) is 43.5 Å². The van der Waals surface area contributed by atoms with Crippen molar-refractivity contribution in [2.24, 2.45) is 5.41 Å². The quantitative estimate of drug-likeness (QED) is 0.0658. The Morgan fingerprint density at radius 2 is 0.917 bits per heavy atom. The van der Waals surface area contributed by atoms with Crippen LogP contribution in [-0.4, -0.2) is 77.7 Å². The van der Waals surface area contributed by atoms with Gasteiger partial charge in [-0.2, -0.15) is 0 Å². The number of epoxide rings is 2. The number of benzene rings is 2. The van der Waals surface area contributed by atoms with Gasteiger partial charge in [-0.1, -0.05) is 173 Å². The van der Waals surface area contributed by atoms with Crippen molar-refractivity contribution >= 4 is 53.0 Å². The zero-order chi connectivity index (χ0) is 35.1. The van der Waals surface area contributed by atoms with E-state index in [2.05, 4.69) is 115 Å². The molecule has 2 heterocycles. The molecule has 2 aromatic rings. The number of rotatable bonds is 23. The van der Waals surface area contributed by atoms with E-state index in [0.717, 1.165) is 45.9 Å². The SMILES string of the molecule is CC(C)(CCC[Si](C)(C)c1ccc([Si](C)(C)CCCOCC2CO2)cc1)CCC[Si](C)(C)c1ccc([Si](C)(C)CCCOC2CO2)cc1. The molecule has 4 nitrogen and oxygen atoms in total. The van der Waals surface area contributed by atoms with E-state index in [4.69, 9.17) is 18.9 Å². The van der Waals surface area contributed by atoms with Gasteiger partial charge in [0.25, 0.3) is 0 Å². The second-order valence-corrected chi connectivity index (χ2v) is 37.8. The van der Waals surface area contributed by atoms with Gasteiger partial charge in [0.1, 0.15) is 12.7 Å². The van der Waals surface area contributed by atoms with E-state index in [0.29, 0.717) is 11.5 Å². The molecule has 2 aliphatic rings. The summed E-state index contributed by atoms with van der Waals surface area (Å²) < 4.78 is 21.9. The van der Waals surface area contributed by atoms with E-state index in [1.165, 1.54) is 49.9 Å². The first kappa shape index (κ1) is 39.9. The molecule has 4 rings (SSSR count). The first-order chi connectivity index (χ1) is 22.5. The normalized spacial score (nSPS) is 18.7. The van der Waals surface area contributed by atoms with E-state index < -0.39 is 32.3 Å². The number of hydrogen-bond acceptors (Lipinski definition) is 4. The molecule has 2 aromatic carbocycles. The van der Waals surface area contributed by atoms with E-state index in [1.807, 2.05) is 0 Å². The minimum Gasteiger partial charge on any atom is -0.379 e. The summed E-state index contributed by atoms with van der Waals surface area (Å²) in [5.41, 5.74) is 0.415. The summed E-state index contributed by atoms with van der Waals surface area (Å²) in [4.78, 5) is 0. The van der Waals surface area contributed by atoms with Crippen molar-refractivity contribution in [1.82, 2.24) is 0 Å². The van der Waals surface area contributed by atoms with E-state index >= 15 is 0 Å². The summed E-state index contributed by atoms with van der Waals surface area (Å²) in [6.45, 7) is 29.6. The lowest BCUT2D eigenvalue weighted by Gasteiger charge is -2.30. The minimum absolute atomic E-state index is 0.0863. The van der Waals surface area contributed by atoms with E-state index in [1.54, 1.807) is 20.7 Å². The molecule has 0 bridgehead atoms. The van der Waals surface area contributed by atoms with Crippen LogP contribution in [0.2, 0.25) is 76.6 Å². The molecule has 0 radical (unpaired) electrons. The number of hydrogen-bond donors (Lipinski definition) is 0. The Bertz CT molecular complexity index is 1250. The van der Waals surface area contributed by atoms with Gasteiger partial charge < -0.3 is 18.9 Å². The Kier molecular flexibility index (Phi) is 14.2. The summed E-state index contributed by atoms with van der Waals surface area (Å²) in [6, 6.07) is 25.2. The van der Waals surface area contributed by atoms with Crippen LogP contribution in [0.5, 0.6) is 0 Å². The monoisotopic (exact) mass is 726 g/mol. The Hall–Kier alpha value is -0.852. The molecular formula is C40H70O4Si4. The molecule has 0 saturated carbocycles. The van der Waals surface area contributed by atoms with Crippen LogP contribution in [0.1, 0.15) is 52.4 Å². The third-order valence-electron chi connectivity index (χ3n) is 11.6. The van der Waals surface area contributed by atoms with Crippen molar-refractivity contribution < 1.29 is 18.9 Å². The van der Waals surface area contributed by atoms with Gasteiger partial charge in [0.2, 0.25) is 0 Å². The average molecular weight is 727 g/mol. The second-order valence-electron chi connectivity index (χ2n) is 18.4. The molecule has 0 N–H and O–H groups in total. The predicted octanol–water partition coefficient (Wildman–Crippen LogP) is 8.20. The van der Waals surface area contributed by atoms with Crippen LogP contribution in [0, 0.1) is 5.41 Å². The van der Waals surface area contributed by atoms with Crippen LogP contribution in [0.3, 0.4) is 0 Å². The molecule has 8 heteroatoms. The molecule has 0 aromatic heterocycles. The smallest absolute Gasteiger partial charge is 0.181 e. The van der Waals surface area contributed by atoms with Crippen LogP contribution in [-0.2, 0) is 18.9 Å². The molecule has 48 heavy (non-hydrogen) atoms. The third kappa shape index (κ3) is 13.0. The maximum atomic E-state index is 5.80. The van der Waals surface area contributed by atoms with Gasteiger partial charge in [-0.15, -0.1) is 0 Å². The van der Waals surface area contributed by atoms with Gasteiger partial charge in [0, 0.05) is 13.2 Å². The maximum absolute atomic E-state index is 5.80. The highest BCUT2D eigenvalue weighted by molar-refractivity contribution is 6.92. The van der Waals surface area contributed by atoms with E-state index in [-0.39, 0.29) is 6.29 Å². The van der Waals surface area contributed by atoms with Gasteiger partial charge in [-0.05, 0) is 31.1 Å². The van der Waals surface area contributed by atoms with Gasteiger partial charge in [-0.25, -0.2) is 0 Å². The lowest BCUT2D eigenvalue weighted by molar-refractivity contribution is 0.0507. The molecule has 270 valence electrons. The van der Waals surface area contributed by atoms with Crippen molar-refractivity contribution in [3.63, 3.8) is 0 Å². The molecular weight excluding hydrogens is 657 g/mol. The fraction of sp³-hybridized carbons (Fsp3) is 0.700. The van der Waals surface area contributed by atoms with Crippen molar-refractivity contribution in [2.45, 2.75) is 141 Å². The van der Waals surface area contributed by atoms with Crippen molar-refractivity contribution in [3.8, 4) is 0 Å². The predicted molar refractivity (Wildman–Crippen MR) is 218 cm³/mol. The van der Waals surface area contributed by atoms with Crippen LogP contribution >= 0.6 is 0 Å². The molecule has 2 atom stereocenters. The Balaban J connectivity index is 1.17. The molecule has 0 amide bonds. The zero-order valence-electron chi connectivity index (χ0n) is 32.5. The first-order valence-corrected chi connectivity index (χ1v) is 32.0. The molecule has 2 unspecified atom stereocenters. The Labute approximate surface area is 299 Å². The highest BCUT2D eigenvalue weighted by Crippen LogP contribution is 2.32. The van der Waals surface area contributed by atoms with Crippen molar-refractivity contribution in [1.29, 1.82) is 0 Å². The highest BCUT2D eigenvalue weighted by atomic mass is 28.3. The van der Waals surface area contributed by atoms with Gasteiger partial charge in [0.05, 0.1) is 45.5 Å². The van der Waals surface area contributed by atoms with Crippen molar-refractivity contribution in [2.75, 3.05) is 33.0 Å². The molecule has 2 fully saturated rings. The van der Waals surface area contributed by atoms with Crippen LogP contribution in [0.4, 0.5) is 0 Å². The van der Waals surface area contributed by atoms with Gasteiger partial charge in [0.15, 0.2) is 6.29 Å². The fourth-order valence-corrected chi connectivity index (χ4v) is 16.9. The summed E-state index contributed by atoms with van der Waals surface area (Å²) in [5, 5.41) is 6.44. The minimum atomic E-state index is -1.46. The lowest BCUT2D eigenvalue weighted by Crippen LogP contribution is -2.45. The highest BCUT2D eigenvalue weighted by Gasteiger charge is 2.30. The van der Waals surface area contributed by atoms with E-state index in [9.17, 15) is 0 Å². The Morgan fingerprint density at radius 1 is 0.562 bits per heavy atom. The molecule has 0 aliphatic carbocycles. The fourth-order valence-electron chi connectivity index (χ4n) is 7.32. The maximum Gasteiger partial charge on any atom is 0.181 e. The largest absolute Gasteiger partial charge is 0.379 e. The zero-order valence-corrected chi connectivity index (χ0v) is 36.5. The van der Waals surface area contributed by atoms with Gasteiger partial charge >= 0.3 is 0 Å². The van der Waals surface area contributed by atoms with Crippen LogP contribution in [0.15, 0.2) is 48.5 Å². The van der Waals surface area contributed by atoms with Crippen LogP contribution in [0.25, 0.3) is 0 Å². The summed E-state index contributed by atoms with van der Waals surface area (Å²) in [7, 11) is -5.79. The average Bonchev–Trinajstić information content (AvgIpc) is 3.95.